The molecule has 1 saturated heterocycles. The second kappa shape index (κ2) is 6.32. The van der Waals surface area contributed by atoms with E-state index < -0.39 is 5.91 Å². The van der Waals surface area contributed by atoms with Crippen LogP contribution in [0.2, 0.25) is 5.02 Å². The number of likely N-dealkylation sites (tertiary alicyclic amines) is 1. The van der Waals surface area contributed by atoms with Gasteiger partial charge < -0.3 is 15.6 Å². The van der Waals surface area contributed by atoms with Gasteiger partial charge in [-0.25, -0.2) is 0 Å². The highest BCUT2D eigenvalue weighted by Gasteiger charge is 2.40. The molecule has 1 aromatic carbocycles. The number of carbonyl (C=O) groups is 2. The fraction of sp³-hybridized carbons (Fsp3) is 0.333. The number of aromatic nitrogens is 1. The normalized spacial score (nSPS) is 20.3. The van der Waals surface area contributed by atoms with E-state index in [-0.39, 0.29) is 17.1 Å². The van der Waals surface area contributed by atoms with E-state index in [0.717, 1.165) is 24.8 Å². The van der Waals surface area contributed by atoms with Gasteiger partial charge in [-0.3, -0.25) is 9.59 Å². The number of primary amides is 1. The number of hydrogen-bond donors (Lipinski definition) is 2. The average Bonchev–Trinajstić information content (AvgIpc) is 3.13. The molecule has 0 aliphatic carbocycles. The lowest BCUT2D eigenvalue weighted by Gasteiger charge is -2.35. The van der Waals surface area contributed by atoms with Crippen LogP contribution in [0, 0.1) is 0 Å². The molecule has 6 heteroatoms. The van der Waals surface area contributed by atoms with E-state index in [9.17, 15) is 9.59 Å². The zero-order chi connectivity index (χ0) is 17.3. The summed E-state index contributed by atoms with van der Waals surface area (Å²) < 4.78 is 0. The van der Waals surface area contributed by atoms with Crippen molar-refractivity contribution in [2.45, 2.75) is 31.7 Å². The maximum atomic E-state index is 12.9. The maximum absolute atomic E-state index is 12.9. The van der Waals surface area contributed by atoms with Crippen molar-refractivity contribution in [1.29, 1.82) is 0 Å². The van der Waals surface area contributed by atoms with E-state index in [1.807, 2.05) is 29.2 Å². The summed E-state index contributed by atoms with van der Waals surface area (Å²) in [4.78, 5) is 28.8. The van der Waals surface area contributed by atoms with Gasteiger partial charge in [-0.2, -0.15) is 0 Å². The lowest BCUT2D eigenvalue weighted by Crippen LogP contribution is -2.46. The third-order valence-corrected chi connectivity index (χ3v) is 4.88. The third-order valence-electron chi connectivity index (χ3n) is 4.65. The molecular formula is C18H20ClN3O2. The molecule has 126 valence electrons. The van der Waals surface area contributed by atoms with Crippen LogP contribution >= 0.6 is 11.6 Å². The van der Waals surface area contributed by atoms with Crippen LogP contribution in [0.15, 0.2) is 36.4 Å². The summed E-state index contributed by atoms with van der Waals surface area (Å²) in [6.07, 6.45) is 2.61. The number of H-pyrrole nitrogens is 1. The minimum absolute atomic E-state index is 0.107. The number of nitrogens with zero attached hydrogens (tertiary/aromatic N) is 1. The van der Waals surface area contributed by atoms with Gasteiger partial charge in [-0.05, 0) is 56.0 Å². The molecular weight excluding hydrogens is 326 g/mol. The molecule has 1 aromatic heterocycles. The third kappa shape index (κ3) is 3.17. The SMILES string of the molecule is CC1(Cc2cccc(Cl)c2)CCCN1C(=O)c1ccc(C(N)=O)[nH]1. The lowest BCUT2D eigenvalue weighted by atomic mass is 9.90. The minimum atomic E-state index is -0.572. The van der Waals surface area contributed by atoms with Gasteiger partial charge >= 0.3 is 0 Å². The highest BCUT2D eigenvalue weighted by atomic mass is 35.5. The molecule has 1 aliphatic rings. The summed E-state index contributed by atoms with van der Waals surface area (Å²) in [5.74, 6) is -0.679. The van der Waals surface area contributed by atoms with Crippen molar-refractivity contribution >= 4 is 23.4 Å². The molecule has 24 heavy (non-hydrogen) atoms. The largest absolute Gasteiger partial charge is 0.364 e. The van der Waals surface area contributed by atoms with Gasteiger partial charge in [-0.15, -0.1) is 0 Å². The second-order valence-corrected chi connectivity index (χ2v) is 6.95. The van der Waals surface area contributed by atoms with E-state index in [4.69, 9.17) is 17.3 Å². The van der Waals surface area contributed by atoms with Gasteiger partial charge in [0.05, 0.1) is 0 Å². The van der Waals surface area contributed by atoms with Gasteiger partial charge in [0.15, 0.2) is 0 Å². The van der Waals surface area contributed by atoms with Crippen LogP contribution in [0.1, 0.15) is 46.3 Å². The molecule has 0 radical (unpaired) electrons. The summed E-state index contributed by atoms with van der Waals surface area (Å²) in [5.41, 5.74) is 6.71. The van der Waals surface area contributed by atoms with E-state index in [1.54, 1.807) is 12.1 Å². The first kappa shape index (κ1) is 16.6. The first-order valence-electron chi connectivity index (χ1n) is 7.94. The zero-order valence-electron chi connectivity index (χ0n) is 13.5. The molecule has 1 atom stereocenters. The van der Waals surface area contributed by atoms with Crippen molar-refractivity contribution < 1.29 is 9.59 Å². The van der Waals surface area contributed by atoms with E-state index >= 15 is 0 Å². The Labute approximate surface area is 145 Å². The molecule has 3 N–H and O–H groups in total. The average molecular weight is 346 g/mol. The molecule has 2 aromatic rings. The number of halogens is 1. The van der Waals surface area contributed by atoms with E-state index in [1.165, 1.54) is 0 Å². The van der Waals surface area contributed by atoms with Gasteiger partial charge in [0.25, 0.3) is 11.8 Å². The summed E-state index contributed by atoms with van der Waals surface area (Å²) in [6, 6.07) is 10.9. The summed E-state index contributed by atoms with van der Waals surface area (Å²) >= 11 is 6.07. The number of aromatic amines is 1. The van der Waals surface area contributed by atoms with Gasteiger partial charge in [-0.1, -0.05) is 23.7 Å². The molecule has 1 aliphatic heterocycles. The Hall–Kier alpha value is -2.27. The second-order valence-electron chi connectivity index (χ2n) is 6.51. The van der Waals surface area contributed by atoms with Gasteiger partial charge in [0.1, 0.15) is 11.4 Å². The Morgan fingerprint density at radius 3 is 2.71 bits per heavy atom. The van der Waals surface area contributed by atoms with Crippen LogP contribution < -0.4 is 5.73 Å². The van der Waals surface area contributed by atoms with Crippen LogP contribution in [0.4, 0.5) is 0 Å². The monoisotopic (exact) mass is 345 g/mol. The number of nitrogens with one attached hydrogen (secondary N) is 1. The quantitative estimate of drug-likeness (QED) is 0.893. The first-order chi connectivity index (χ1) is 11.4. The van der Waals surface area contributed by atoms with Gasteiger partial charge in [0.2, 0.25) is 0 Å². The number of carbonyl (C=O) groups excluding carboxylic acids is 2. The van der Waals surface area contributed by atoms with Crippen molar-refractivity contribution in [2.24, 2.45) is 5.73 Å². The Balaban J connectivity index is 1.83. The number of benzene rings is 1. The summed E-state index contributed by atoms with van der Waals surface area (Å²) in [6.45, 7) is 2.79. The van der Waals surface area contributed by atoms with Crippen molar-refractivity contribution in [1.82, 2.24) is 9.88 Å². The fourth-order valence-electron chi connectivity index (χ4n) is 3.45. The number of hydrogen-bond acceptors (Lipinski definition) is 2. The van der Waals surface area contributed by atoms with Gasteiger partial charge in [0, 0.05) is 17.1 Å². The van der Waals surface area contributed by atoms with Crippen LogP contribution in [0.5, 0.6) is 0 Å². The molecule has 1 unspecified atom stereocenters. The van der Waals surface area contributed by atoms with E-state index in [2.05, 4.69) is 11.9 Å². The molecule has 1 fully saturated rings. The first-order valence-corrected chi connectivity index (χ1v) is 8.32. The Kier molecular flexibility index (Phi) is 4.37. The molecule has 5 nitrogen and oxygen atoms in total. The molecule has 3 rings (SSSR count). The standard InChI is InChI=1S/C18H20ClN3O2/c1-18(11-12-4-2-5-13(19)10-12)8-3-9-22(18)17(24)15-7-6-14(21-15)16(20)23/h2,4-7,10,21H,3,8-9,11H2,1H3,(H2,20,23). The van der Waals surface area contributed by atoms with Crippen molar-refractivity contribution in [2.75, 3.05) is 6.54 Å². The summed E-state index contributed by atoms with van der Waals surface area (Å²) in [5, 5.41) is 0.697. The Morgan fingerprint density at radius 1 is 1.29 bits per heavy atom. The molecule has 2 heterocycles. The van der Waals surface area contributed by atoms with Crippen LogP contribution in [0.3, 0.4) is 0 Å². The maximum Gasteiger partial charge on any atom is 0.270 e. The van der Waals surface area contributed by atoms with Crippen LogP contribution in [-0.4, -0.2) is 33.8 Å². The van der Waals surface area contributed by atoms with Crippen molar-refractivity contribution in [3.8, 4) is 0 Å². The number of amides is 2. The highest BCUT2D eigenvalue weighted by Crippen LogP contribution is 2.34. The Morgan fingerprint density at radius 2 is 2.04 bits per heavy atom. The van der Waals surface area contributed by atoms with Crippen LogP contribution in [-0.2, 0) is 6.42 Å². The topological polar surface area (TPSA) is 79.2 Å². The van der Waals surface area contributed by atoms with Crippen molar-refractivity contribution in [3.05, 3.63) is 58.4 Å². The predicted molar refractivity (Wildman–Crippen MR) is 93.1 cm³/mol. The smallest absolute Gasteiger partial charge is 0.270 e. The predicted octanol–water partition coefficient (Wildman–Crippen LogP) is 3.00. The molecule has 0 spiro atoms. The summed E-state index contributed by atoms with van der Waals surface area (Å²) in [7, 11) is 0. The zero-order valence-corrected chi connectivity index (χ0v) is 14.3. The van der Waals surface area contributed by atoms with Crippen LogP contribution in [0.25, 0.3) is 0 Å². The molecule has 2 amide bonds. The molecule has 0 saturated carbocycles. The minimum Gasteiger partial charge on any atom is -0.364 e. The fourth-order valence-corrected chi connectivity index (χ4v) is 3.66. The lowest BCUT2D eigenvalue weighted by molar-refractivity contribution is 0.0619. The van der Waals surface area contributed by atoms with E-state index in [0.29, 0.717) is 17.3 Å². The Bertz CT molecular complexity index is 786. The number of rotatable bonds is 4. The molecule has 0 bridgehead atoms. The van der Waals surface area contributed by atoms with Crippen molar-refractivity contribution in [3.63, 3.8) is 0 Å². The highest BCUT2D eigenvalue weighted by molar-refractivity contribution is 6.30. The number of nitrogens with two attached hydrogens (primary N) is 1.